The molecule has 0 aliphatic heterocycles. The third-order valence-electron chi connectivity index (χ3n) is 13.9. The molecule has 13 atom stereocenters. The molecule has 44 heavy (non-hydrogen) atoms. The highest BCUT2D eigenvalue weighted by Crippen LogP contribution is 2.50. The van der Waals surface area contributed by atoms with Gasteiger partial charge in [-0.05, 0) is 135 Å². The van der Waals surface area contributed by atoms with Crippen molar-refractivity contribution in [3.8, 4) is 0 Å². The lowest BCUT2D eigenvalue weighted by Gasteiger charge is -2.47. The molecule has 0 aromatic carbocycles. The van der Waals surface area contributed by atoms with Crippen molar-refractivity contribution in [3.05, 3.63) is 0 Å². The van der Waals surface area contributed by atoms with Crippen molar-refractivity contribution in [1.29, 1.82) is 0 Å². The predicted molar refractivity (Wildman–Crippen MR) is 201 cm³/mol. The van der Waals surface area contributed by atoms with Crippen molar-refractivity contribution in [3.63, 3.8) is 0 Å². The summed E-state index contributed by atoms with van der Waals surface area (Å²) in [5, 5.41) is 0. The van der Waals surface area contributed by atoms with E-state index in [0.717, 1.165) is 82.9 Å². The first-order valence-corrected chi connectivity index (χ1v) is 20.5. The van der Waals surface area contributed by atoms with E-state index in [2.05, 4.69) is 96.9 Å². The zero-order valence-electron chi connectivity index (χ0n) is 33.1. The maximum atomic E-state index is 6.36. The second-order valence-corrected chi connectivity index (χ2v) is 17.8. The van der Waals surface area contributed by atoms with Gasteiger partial charge in [0.15, 0.2) is 0 Å². The molecule has 3 aliphatic rings. The zero-order chi connectivity index (χ0) is 33.6. The molecule has 3 saturated carbocycles. The minimum atomic E-state index is 0.360. The van der Waals surface area contributed by atoms with Crippen LogP contribution in [-0.2, 0) is 0 Å². The standard InChI is InChI=1S/C19H39N.C17H32.C7H16/c1-7-9-10-14(5)17-11-16(8-2)19(15(6)20)18(12-17)13(3)4;1-5-12(2)10-14(4)15-8-9-17-13(3)6-7-16(17)11-15;1-5-7(4)6(2)3/h13-19H,7-12,20H2,1-6H3;12-17H,5-11H2,1-4H3;6-7H,5H2,1-4H3. The zero-order valence-corrected chi connectivity index (χ0v) is 33.1. The molecule has 0 heterocycles. The molecular formula is C43H87N. The monoisotopic (exact) mass is 618 g/mol. The van der Waals surface area contributed by atoms with E-state index < -0.39 is 0 Å². The van der Waals surface area contributed by atoms with Crippen molar-refractivity contribution in [2.45, 2.75) is 193 Å². The maximum absolute atomic E-state index is 6.36. The minimum Gasteiger partial charge on any atom is -0.328 e. The minimum absolute atomic E-state index is 0.360. The van der Waals surface area contributed by atoms with Gasteiger partial charge < -0.3 is 5.73 Å². The summed E-state index contributed by atoms with van der Waals surface area (Å²) in [4.78, 5) is 0. The van der Waals surface area contributed by atoms with Crippen LogP contribution in [0, 0.1) is 82.9 Å². The quantitative estimate of drug-likeness (QED) is 0.218. The van der Waals surface area contributed by atoms with Crippen LogP contribution in [0.4, 0.5) is 0 Å². The molecule has 0 saturated heterocycles. The second kappa shape index (κ2) is 21.8. The molecule has 3 fully saturated rings. The highest BCUT2D eigenvalue weighted by atomic mass is 14.7. The molecule has 264 valence electrons. The number of nitrogens with two attached hydrogens (primary N) is 1. The Hall–Kier alpha value is -0.0400. The smallest absolute Gasteiger partial charge is 0.00441 e. The summed E-state index contributed by atoms with van der Waals surface area (Å²) in [6, 6.07) is 0.360. The molecule has 3 aliphatic carbocycles. The summed E-state index contributed by atoms with van der Waals surface area (Å²) in [6.45, 7) is 33.1. The third kappa shape index (κ3) is 13.6. The SMILES string of the molecule is CCC(C)C(C)C.CCC(C)CC(C)C1CCC2C(C)CCC2C1.CCCCC(C)C1CC(CC)C(C(C)N)C(C(C)C)C1. The van der Waals surface area contributed by atoms with Gasteiger partial charge in [0, 0.05) is 6.04 Å². The second-order valence-electron chi connectivity index (χ2n) is 17.8. The van der Waals surface area contributed by atoms with Crippen LogP contribution in [0.3, 0.4) is 0 Å². The van der Waals surface area contributed by atoms with Crippen LogP contribution in [0.2, 0.25) is 0 Å². The number of hydrogen-bond acceptors (Lipinski definition) is 1. The van der Waals surface area contributed by atoms with Gasteiger partial charge in [-0.3, -0.25) is 0 Å². The Morgan fingerprint density at radius 1 is 0.705 bits per heavy atom. The predicted octanol–water partition coefficient (Wildman–Crippen LogP) is 13.7. The Labute approximate surface area is 280 Å². The van der Waals surface area contributed by atoms with E-state index in [1.54, 1.807) is 19.3 Å². The van der Waals surface area contributed by atoms with E-state index in [1.165, 1.54) is 70.6 Å². The van der Waals surface area contributed by atoms with Crippen LogP contribution in [0.15, 0.2) is 0 Å². The molecule has 0 radical (unpaired) electrons. The van der Waals surface area contributed by atoms with Crippen molar-refractivity contribution >= 4 is 0 Å². The Balaban J connectivity index is 0.000000366. The summed E-state index contributed by atoms with van der Waals surface area (Å²) < 4.78 is 0. The lowest BCUT2D eigenvalue weighted by atomic mass is 9.59. The summed E-state index contributed by atoms with van der Waals surface area (Å²) in [6.07, 6.45) is 20.2. The van der Waals surface area contributed by atoms with E-state index >= 15 is 0 Å². The Morgan fingerprint density at radius 3 is 1.84 bits per heavy atom. The largest absolute Gasteiger partial charge is 0.328 e. The van der Waals surface area contributed by atoms with Crippen LogP contribution in [0.1, 0.15) is 187 Å². The Kier molecular flexibility index (Phi) is 20.8. The fourth-order valence-electron chi connectivity index (χ4n) is 9.78. The van der Waals surface area contributed by atoms with Crippen molar-refractivity contribution < 1.29 is 0 Å². The van der Waals surface area contributed by atoms with Crippen LogP contribution in [-0.4, -0.2) is 6.04 Å². The van der Waals surface area contributed by atoms with Crippen molar-refractivity contribution in [2.24, 2.45) is 88.6 Å². The van der Waals surface area contributed by atoms with Gasteiger partial charge in [0.1, 0.15) is 0 Å². The number of fused-ring (bicyclic) bond motifs is 1. The number of rotatable bonds is 13. The average Bonchev–Trinajstić information content (AvgIpc) is 3.38. The maximum Gasteiger partial charge on any atom is 0.00441 e. The topological polar surface area (TPSA) is 26.0 Å². The van der Waals surface area contributed by atoms with Gasteiger partial charge in [-0.1, -0.05) is 135 Å². The third-order valence-corrected chi connectivity index (χ3v) is 13.9. The van der Waals surface area contributed by atoms with Crippen LogP contribution >= 0.6 is 0 Å². The van der Waals surface area contributed by atoms with Gasteiger partial charge in [0.05, 0.1) is 0 Å². The molecule has 13 unspecified atom stereocenters. The van der Waals surface area contributed by atoms with Crippen LogP contribution < -0.4 is 5.73 Å². The summed E-state index contributed by atoms with van der Waals surface area (Å²) >= 11 is 0. The summed E-state index contributed by atoms with van der Waals surface area (Å²) in [5.41, 5.74) is 6.36. The Bertz CT molecular complexity index is 695. The highest BCUT2D eigenvalue weighted by molar-refractivity contribution is 4.92. The molecule has 2 N–H and O–H groups in total. The van der Waals surface area contributed by atoms with Gasteiger partial charge in [0.2, 0.25) is 0 Å². The lowest BCUT2D eigenvalue weighted by Crippen LogP contribution is -2.45. The average molecular weight is 618 g/mol. The molecule has 0 amide bonds. The fraction of sp³-hybridized carbons (Fsp3) is 1.00. The molecule has 1 nitrogen and oxygen atoms in total. The van der Waals surface area contributed by atoms with Crippen molar-refractivity contribution in [1.82, 2.24) is 0 Å². The van der Waals surface area contributed by atoms with Gasteiger partial charge in [0.25, 0.3) is 0 Å². The summed E-state index contributed by atoms with van der Waals surface area (Å²) in [7, 11) is 0. The number of hydrogen-bond donors (Lipinski definition) is 1. The molecule has 3 rings (SSSR count). The van der Waals surface area contributed by atoms with Gasteiger partial charge in [-0.2, -0.15) is 0 Å². The first kappa shape index (κ1) is 42.0. The van der Waals surface area contributed by atoms with Gasteiger partial charge in [-0.25, -0.2) is 0 Å². The van der Waals surface area contributed by atoms with E-state index in [4.69, 9.17) is 5.73 Å². The first-order valence-electron chi connectivity index (χ1n) is 20.5. The van der Waals surface area contributed by atoms with Gasteiger partial charge >= 0.3 is 0 Å². The molecule has 0 bridgehead atoms. The molecule has 1 heteroatoms. The van der Waals surface area contributed by atoms with Crippen LogP contribution in [0.25, 0.3) is 0 Å². The van der Waals surface area contributed by atoms with E-state index in [-0.39, 0.29) is 0 Å². The van der Waals surface area contributed by atoms with E-state index in [0.29, 0.717) is 6.04 Å². The summed E-state index contributed by atoms with van der Waals surface area (Å²) in [5.74, 6) is 13.0. The van der Waals surface area contributed by atoms with E-state index in [9.17, 15) is 0 Å². The fourth-order valence-corrected chi connectivity index (χ4v) is 9.78. The first-order chi connectivity index (χ1) is 20.7. The molecule has 0 spiro atoms. The Morgan fingerprint density at radius 2 is 1.36 bits per heavy atom. The molecule has 0 aromatic rings. The highest BCUT2D eigenvalue weighted by Gasteiger charge is 2.41. The number of unbranched alkanes of at least 4 members (excludes halogenated alkanes) is 1. The molecular weight excluding hydrogens is 530 g/mol. The molecule has 0 aromatic heterocycles. The lowest BCUT2D eigenvalue weighted by molar-refractivity contribution is 0.0348. The normalized spacial score (nSPS) is 33.8. The van der Waals surface area contributed by atoms with Gasteiger partial charge in [-0.15, -0.1) is 0 Å². The van der Waals surface area contributed by atoms with Crippen molar-refractivity contribution in [2.75, 3.05) is 0 Å². The van der Waals surface area contributed by atoms with Crippen LogP contribution in [0.5, 0.6) is 0 Å². The van der Waals surface area contributed by atoms with E-state index in [1.807, 2.05) is 0 Å².